The second kappa shape index (κ2) is 3.24. The fraction of sp³-hybridized carbons (Fsp3) is 0.364. The number of hydrogen-bond acceptors (Lipinski definition) is 4. The number of fused-ring (bicyclic) bond motifs is 3. The van der Waals surface area contributed by atoms with Crippen molar-refractivity contribution in [3.63, 3.8) is 0 Å². The molecule has 15 heavy (non-hydrogen) atoms. The molecule has 4 heteroatoms. The molecule has 2 aliphatic heterocycles. The Kier molecular flexibility index (Phi) is 1.89. The molecule has 0 saturated carbocycles. The lowest BCUT2D eigenvalue weighted by Crippen LogP contribution is -2.37. The number of β-amino-alcohol motifs (C(OH)–C–C–N with tert-alkyl or cyclic N) is 1. The van der Waals surface area contributed by atoms with E-state index in [1.165, 1.54) is 5.69 Å². The molecule has 0 atom stereocenters. The van der Waals surface area contributed by atoms with Crippen molar-refractivity contribution in [3.8, 4) is 0 Å². The highest BCUT2D eigenvalue weighted by molar-refractivity contribution is 6.17. The lowest BCUT2D eigenvalue weighted by atomic mass is 10.2. The summed E-state index contributed by atoms with van der Waals surface area (Å²) in [6, 6.07) is 8.24. The molecule has 0 aliphatic carbocycles. The highest BCUT2D eigenvalue weighted by Gasteiger charge is 2.34. The molecule has 0 bridgehead atoms. The molecule has 1 aromatic carbocycles. The van der Waals surface area contributed by atoms with E-state index in [0.29, 0.717) is 6.54 Å². The first-order chi connectivity index (χ1) is 7.42. The van der Waals surface area contributed by atoms with Crippen molar-refractivity contribution in [3.05, 3.63) is 24.3 Å². The second-order valence-corrected chi connectivity index (χ2v) is 3.70. The summed E-state index contributed by atoms with van der Waals surface area (Å²) in [5, 5.41) is 9.06. The van der Waals surface area contributed by atoms with Crippen molar-refractivity contribution in [2.45, 2.75) is 0 Å². The Bertz CT molecular complexity index is 416. The number of para-hydroxylation sites is 2. The van der Waals surface area contributed by atoms with E-state index in [1.807, 2.05) is 12.1 Å². The van der Waals surface area contributed by atoms with E-state index in [-0.39, 0.29) is 6.61 Å². The minimum Gasteiger partial charge on any atom is -0.395 e. The molecule has 0 amide bonds. The maximum absolute atomic E-state index is 9.06. The summed E-state index contributed by atoms with van der Waals surface area (Å²) in [6.07, 6.45) is 0. The molecule has 1 aromatic rings. The highest BCUT2D eigenvalue weighted by Crippen LogP contribution is 2.37. The third-order valence-corrected chi connectivity index (χ3v) is 2.85. The Morgan fingerprint density at radius 1 is 1.27 bits per heavy atom. The number of anilines is 2. The Hall–Kier alpha value is -1.55. The molecule has 2 aliphatic rings. The summed E-state index contributed by atoms with van der Waals surface area (Å²) in [5.41, 5.74) is 2.37. The van der Waals surface area contributed by atoms with Gasteiger partial charge in [-0.15, -0.1) is 0 Å². The van der Waals surface area contributed by atoms with E-state index in [2.05, 4.69) is 26.9 Å². The molecule has 78 valence electrons. The number of hydrogen-bond donors (Lipinski definition) is 1. The number of rotatable bonds is 2. The lowest BCUT2D eigenvalue weighted by molar-refractivity contribution is 0.306. The quantitative estimate of drug-likeness (QED) is 0.768. The number of aliphatic imine (C=N–C) groups is 1. The van der Waals surface area contributed by atoms with Gasteiger partial charge in [0, 0.05) is 13.1 Å². The van der Waals surface area contributed by atoms with Crippen molar-refractivity contribution >= 4 is 17.3 Å². The summed E-state index contributed by atoms with van der Waals surface area (Å²) in [7, 11) is 0. The van der Waals surface area contributed by atoms with Crippen molar-refractivity contribution in [1.29, 1.82) is 0 Å². The Morgan fingerprint density at radius 2 is 2.07 bits per heavy atom. The van der Waals surface area contributed by atoms with Gasteiger partial charge in [0.2, 0.25) is 5.96 Å². The zero-order valence-electron chi connectivity index (χ0n) is 8.43. The molecule has 0 saturated heterocycles. The van der Waals surface area contributed by atoms with Gasteiger partial charge >= 0.3 is 0 Å². The molecule has 0 aromatic heterocycles. The minimum absolute atomic E-state index is 0.154. The average Bonchev–Trinajstić information content (AvgIpc) is 2.82. The normalized spacial score (nSPS) is 17.8. The predicted molar refractivity (Wildman–Crippen MR) is 60.5 cm³/mol. The summed E-state index contributed by atoms with van der Waals surface area (Å²) in [6.45, 7) is 2.58. The average molecular weight is 203 g/mol. The van der Waals surface area contributed by atoms with Gasteiger partial charge in [-0.3, -0.25) is 4.99 Å². The maximum Gasteiger partial charge on any atom is 0.206 e. The molecule has 2 heterocycles. The summed E-state index contributed by atoms with van der Waals surface area (Å²) < 4.78 is 0. The van der Waals surface area contributed by atoms with E-state index in [4.69, 9.17) is 5.11 Å². The van der Waals surface area contributed by atoms with Gasteiger partial charge in [-0.25, -0.2) is 0 Å². The van der Waals surface area contributed by atoms with Crippen molar-refractivity contribution in [2.24, 2.45) is 4.99 Å². The molecule has 3 rings (SSSR count). The Morgan fingerprint density at radius 3 is 2.87 bits per heavy atom. The van der Waals surface area contributed by atoms with Crippen LogP contribution >= 0.6 is 0 Å². The van der Waals surface area contributed by atoms with Crippen LogP contribution in [-0.2, 0) is 0 Å². The summed E-state index contributed by atoms with van der Waals surface area (Å²) in [4.78, 5) is 8.77. The third kappa shape index (κ3) is 1.15. The molecular formula is C11H13N3O. The van der Waals surface area contributed by atoms with Gasteiger partial charge in [-0.2, -0.15) is 0 Å². The van der Waals surface area contributed by atoms with Crippen LogP contribution in [0, 0.1) is 0 Å². The topological polar surface area (TPSA) is 39.1 Å². The standard InChI is InChI=1S/C11H13N3O/c15-8-7-14-10-4-2-1-3-9(10)13-6-5-12-11(13)14/h1-4,15H,5-8H2. The van der Waals surface area contributed by atoms with Crippen LogP contribution in [0.3, 0.4) is 0 Å². The summed E-state index contributed by atoms with van der Waals surface area (Å²) in [5.74, 6) is 0.991. The molecule has 0 spiro atoms. The molecule has 0 unspecified atom stereocenters. The number of benzene rings is 1. The Labute approximate surface area is 88.5 Å². The van der Waals surface area contributed by atoms with E-state index < -0.39 is 0 Å². The van der Waals surface area contributed by atoms with E-state index >= 15 is 0 Å². The highest BCUT2D eigenvalue weighted by atomic mass is 16.3. The van der Waals surface area contributed by atoms with Crippen LogP contribution in [-0.4, -0.2) is 37.3 Å². The largest absolute Gasteiger partial charge is 0.395 e. The smallest absolute Gasteiger partial charge is 0.206 e. The van der Waals surface area contributed by atoms with Gasteiger partial charge < -0.3 is 14.9 Å². The van der Waals surface area contributed by atoms with Crippen LogP contribution in [0.5, 0.6) is 0 Å². The zero-order chi connectivity index (χ0) is 10.3. The molecular weight excluding hydrogens is 190 g/mol. The number of guanidine groups is 1. The van der Waals surface area contributed by atoms with Gasteiger partial charge in [-0.1, -0.05) is 12.1 Å². The van der Waals surface area contributed by atoms with Crippen LogP contribution in [0.25, 0.3) is 0 Å². The first-order valence-electron chi connectivity index (χ1n) is 5.21. The first kappa shape index (κ1) is 8.73. The van der Waals surface area contributed by atoms with Crippen molar-refractivity contribution in [2.75, 3.05) is 36.0 Å². The zero-order valence-corrected chi connectivity index (χ0v) is 8.43. The second-order valence-electron chi connectivity index (χ2n) is 3.70. The van der Waals surface area contributed by atoms with Crippen molar-refractivity contribution in [1.82, 2.24) is 0 Å². The molecule has 4 nitrogen and oxygen atoms in total. The van der Waals surface area contributed by atoms with Gasteiger partial charge in [0.25, 0.3) is 0 Å². The van der Waals surface area contributed by atoms with Gasteiger partial charge in [0.1, 0.15) is 0 Å². The van der Waals surface area contributed by atoms with Crippen LogP contribution in [0.15, 0.2) is 29.3 Å². The number of aliphatic hydroxyl groups is 1. The summed E-state index contributed by atoms with van der Waals surface area (Å²) >= 11 is 0. The maximum atomic E-state index is 9.06. The van der Waals surface area contributed by atoms with Crippen LogP contribution in [0.1, 0.15) is 0 Å². The van der Waals surface area contributed by atoms with E-state index in [1.54, 1.807) is 0 Å². The molecule has 0 fully saturated rings. The monoisotopic (exact) mass is 203 g/mol. The Balaban J connectivity index is 2.08. The van der Waals surface area contributed by atoms with Crippen LogP contribution in [0.4, 0.5) is 11.4 Å². The van der Waals surface area contributed by atoms with E-state index in [9.17, 15) is 0 Å². The fourth-order valence-electron chi connectivity index (χ4n) is 2.24. The van der Waals surface area contributed by atoms with Gasteiger partial charge in [0.15, 0.2) is 0 Å². The molecule has 1 N–H and O–H groups in total. The number of nitrogens with zero attached hydrogens (tertiary/aromatic N) is 3. The number of aliphatic hydroxyl groups excluding tert-OH is 1. The lowest BCUT2D eigenvalue weighted by Gasteiger charge is -2.17. The van der Waals surface area contributed by atoms with Crippen LogP contribution < -0.4 is 9.80 Å². The SMILES string of the molecule is OCCN1C2=NCCN2c2ccccc21. The van der Waals surface area contributed by atoms with Crippen molar-refractivity contribution < 1.29 is 5.11 Å². The van der Waals surface area contributed by atoms with Gasteiger partial charge in [-0.05, 0) is 12.1 Å². The minimum atomic E-state index is 0.154. The van der Waals surface area contributed by atoms with E-state index in [0.717, 1.165) is 24.7 Å². The molecule has 0 radical (unpaired) electrons. The van der Waals surface area contributed by atoms with Crippen LogP contribution in [0.2, 0.25) is 0 Å². The van der Waals surface area contributed by atoms with Gasteiger partial charge in [0.05, 0.1) is 24.5 Å². The predicted octanol–water partition coefficient (Wildman–Crippen LogP) is 0.675. The third-order valence-electron chi connectivity index (χ3n) is 2.85. The first-order valence-corrected chi connectivity index (χ1v) is 5.21. The fourth-order valence-corrected chi connectivity index (χ4v) is 2.24.